The van der Waals surface area contributed by atoms with E-state index in [0.29, 0.717) is 5.56 Å². The molecule has 1 saturated carbocycles. The highest BCUT2D eigenvalue weighted by Gasteiger charge is 2.23. The third-order valence-electron chi connectivity index (χ3n) is 4.21. The Morgan fingerprint density at radius 2 is 2.00 bits per heavy atom. The SMILES string of the molecule is N#Cc1ccc(NC(CC2CCC2)c2ccccc2)nc1. The van der Waals surface area contributed by atoms with Crippen LogP contribution in [0.4, 0.5) is 5.82 Å². The zero-order valence-corrected chi connectivity index (χ0v) is 12.0. The molecule has 2 aromatic rings. The van der Waals surface area contributed by atoms with Crippen molar-refractivity contribution in [1.82, 2.24) is 4.98 Å². The van der Waals surface area contributed by atoms with Crippen LogP contribution in [0.25, 0.3) is 0 Å². The van der Waals surface area contributed by atoms with Gasteiger partial charge < -0.3 is 5.32 Å². The minimum Gasteiger partial charge on any atom is -0.363 e. The molecule has 0 aliphatic heterocycles. The van der Waals surface area contributed by atoms with Gasteiger partial charge in [0.2, 0.25) is 0 Å². The minimum atomic E-state index is 0.289. The molecule has 21 heavy (non-hydrogen) atoms. The summed E-state index contributed by atoms with van der Waals surface area (Å²) in [5, 5.41) is 12.4. The molecule has 1 unspecified atom stereocenters. The molecular weight excluding hydrogens is 258 g/mol. The molecule has 1 aromatic carbocycles. The summed E-state index contributed by atoms with van der Waals surface area (Å²) in [6.07, 6.45) is 6.80. The average molecular weight is 277 g/mol. The van der Waals surface area contributed by atoms with E-state index in [1.807, 2.05) is 12.1 Å². The Morgan fingerprint density at radius 1 is 1.19 bits per heavy atom. The first kappa shape index (κ1) is 13.6. The summed E-state index contributed by atoms with van der Waals surface area (Å²) >= 11 is 0. The van der Waals surface area contributed by atoms with Gasteiger partial charge in [0.25, 0.3) is 0 Å². The number of anilines is 1. The van der Waals surface area contributed by atoms with Gasteiger partial charge in [-0.15, -0.1) is 0 Å². The van der Waals surface area contributed by atoms with Gasteiger partial charge in [-0.2, -0.15) is 5.26 Å². The molecule has 0 radical (unpaired) electrons. The van der Waals surface area contributed by atoms with Crippen molar-refractivity contribution >= 4 is 5.82 Å². The zero-order valence-electron chi connectivity index (χ0n) is 12.0. The fourth-order valence-electron chi connectivity index (χ4n) is 2.75. The van der Waals surface area contributed by atoms with Crippen LogP contribution in [0.15, 0.2) is 48.7 Å². The lowest BCUT2D eigenvalue weighted by atomic mass is 9.79. The summed E-state index contributed by atoms with van der Waals surface area (Å²) in [6, 6.07) is 16.6. The molecule has 3 nitrogen and oxygen atoms in total. The Hall–Kier alpha value is -2.34. The highest BCUT2D eigenvalue weighted by molar-refractivity contribution is 5.41. The fraction of sp³-hybridized carbons (Fsp3) is 0.333. The highest BCUT2D eigenvalue weighted by Crippen LogP contribution is 2.36. The topological polar surface area (TPSA) is 48.7 Å². The number of nitrogens with one attached hydrogen (secondary N) is 1. The van der Waals surface area contributed by atoms with Crippen LogP contribution >= 0.6 is 0 Å². The molecule has 0 saturated heterocycles. The van der Waals surface area contributed by atoms with Crippen LogP contribution < -0.4 is 5.32 Å². The molecule has 0 amide bonds. The molecule has 0 bridgehead atoms. The van der Waals surface area contributed by atoms with Gasteiger partial charge in [-0.3, -0.25) is 0 Å². The van der Waals surface area contributed by atoms with Crippen molar-refractivity contribution in [3.05, 3.63) is 59.8 Å². The molecule has 0 spiro atoms. The number of rotatable bonds is 5. The van der Waals surface area contributed by atoms with E-state index in [1.165, 1.54) is 24.8 Å². The first-order valence-corrected chi connectivity index (χ1v) is 7.53. The molecule has 3 heteroatoms. The maximum absolute atomic E-state index is 8.84. The third-order valence-corrected chi connectivity index (χ3v) is 4.21. The molecule has 3 rings (SSSR count). The predicted octanol–water partition coefficient (Wildman–Crippen LogP) is 4.30. The summed E-state index contributed by atoms with van der Waals surface area (Å²) in [4.78, 5) is 4.33. The van der Waals surface area contributed by atoms with Gasteiger partial charge in [-0.05, 0) is 30.0 Å². The second-order valence-corrected chi connectivity index (χ2v) is 5.68. The Bertz CT molecular complexity index is 609. The number of pyridine rings is 1. The lowest BCUT2D eigenvalue weighted by Gasteiger charge is -2.30. The summed E-state index contributed by atoms with van der Waals surface area (Å²) in [5.74, 6) is 1.66. The quantitative estimate of drug-likeness (QED) is 0.886. The van der Waals surface area contributed by atoms with E-state index in [1.54, 1.807) is 12.3 Å². The van der Waals surface area contributed by atoms with Crippen LogP contribution in [0.2, 0.25) is 0 Å². The number of aromatic nitrogens is 1. The number of hydrogen-bond acceptors (Lipinski definition) is 3. The van der Waals surface area contributed by atoms with Crippen molar-refractivity contribution in [2.75, 3.05) is 5.32 Å². The summed E-state index contributed by atoms with van der Waals surface area (Å²) in [6.45, 7) is 0. The summed E-state index contributed by atoms with van der Waals surface area (Å²) in [7, 11) is 0. The largest absolute Gasteiger partial charge is 0.363 e. The number of benzene rings is 1. The Labute approximate surface area is 125 Å². The standard InChI is InChI=1S/C18H19N3/c19-12-15-9-10-18(20-13-15)21-17(11-14-5-4-6-14)16-7-2-1-3-8-16/h1-3,7-10,13-14,17H,4-6,11H2,(H,20,21). The van der Waals surface area contributed by atoms with Crippen LogP contribution in [0.5, 0.6) is 0 Å². The average Bonchev–Trinajstić information content (AvgIpc) is 2.51. The van der Waals surface area contributed by atoms with Crippen LogP contribution in [0.3, 0.4) is 0 Å². The van der Waals surface area contributed by atoms with Crippen molar-refractivity contribution in [2.24, 2.45) is 5.92 Å². The molecule has 1 aromatic heterocycles. The van der Waals surface area contributed by atoms with Gasteiger partial charge in [0.05, 0.1) is 11.6 Å². The third kappa shape index (κ3) is 3.41. The van der Waals surface area contributed by atoms with Crippen molar-refractivity contribution in [3.63, 3.8) is 0 Å². The smallest absolute Gasteiger partial charge is 0.126 e. The van der Waals surface area contributed by atoms with E-state index in [0.717, 1.165) is 18.2 Å². The molecule has 106 valence electrons. The van der Waals surface area contributed by atoms with Gasteiger partial charge in [-0.25, -0.2) is 4.98 Å². The zero-order chi connectivity index (χ0) is 14.5. The Kier molecular flexibility index (Phi) is 4.16. The van der Waals surface area contributed by atoms with E-state index < -0.39 is 0 Å². The van der Waals surface area contributed by atoms with Crippen molar-refractivity contribution < 1.29 is 0 Å². The van der Waals surface area contributed by atoms with E-state index in [9.17, 15) is 0 Å². The van der Waals surface area contributed by atoms with Crippen LogP contribution in [0.1, 0.15) is 42.9 Å². The Morgan fingerprint density at radius 3 is 2.57 bits per heavy atom. The van der Waals surface area contributed by atoms with E-state index >= 15 is 0 Å². The number of nitrogens with zero attached hydrogens (tertiary/aromatic N) is 2. The molecule has 1 atom stereocenters. The molecule has 1 aliphatic carbocycles. The van der Waals surface area contributed by atoms with Crippen molar-refractivity contribution in [3.8, 4) is 6.07 Å². The second-order valence-electron chi connectivity index (χ2n) is 5.68. The number of nitriles is 1. The first-order valence-electron chi connectivity index (χ1n) is 7.53. The second kappa shape index (κ2) is 6.41. The van der Waals surface area contributed by atoms with Gasteiger partial charge in [0, 0.05) is 6.20 Å². The van der Waals surface area contributed by atoms with Gasteiger partial charge in [0.1, 0.15) is 11.9 Å². The predicted molar refractivity (Wildman–Crippen MR) is 83.7 cm³/mol. The van der Waals surface area contributed by atoms with Gasteiger partial charge in [-0.1, -0.05) is 49.6 Å². The lowest BCUT2D eigenvalue weighted by molar-refractivity contribution is 0.282. The Balaban J connectivity index is 1.76. The normalized spacial score (nSPS) is 15.8. The maximum Gasteiger partial charge on any atom is 0.126 e. The molecule has 1 N–H and O–H groups in total. The molecular formula is C18H19N3. The maximum atomic E-state index is 8.84. The van der Waals surface area contributed by atoms with Crippen LogP contribution in [0, 0.1) is 17.2 Å². The molecule has 1 heterocycles. The van der Waals surface area contributed by atoms with E-state index in [2.05, 4.69) is 40.6 Å². The highest BCUT2D eigenvalue weighted by atomic mass is 15.0. The summed E-state index contributed by atoms with van der Waals surface area (Å²) in [5.41, 5.74) is 1.89. The van der Waals surface area contributed by atoms with Crippen molar-refractivity contribution in [1.29, 1.82) is 5.26 Å². The van der Waals surface area contributed by atoms with Gasteiger partial charge in [0.15, 0.2) is 0 Å². The monoisotopic (exact) mass is 277 g/mol. The van der Waals surface area contributed by atoms with Crippen LogP contribution in [-0.4, -0.2) is 4.98 Å². The molecule has 1 fully saturated rings. The van der Waals surface area contributed by atoms with Crippen molar-refractivity contribution in [2.45, 2.75) is 31.7 Å². The minimum absolute atomic E-state index is 0.289. The van der Waals surface area contributed by atoms with E-state index in [-0.39, 0.29) is 6.04 Å². The van der Waals surface area contributed by atoms with Gasteiger partial charge >= 0.3 is 0 Å². The summed E-state index contributed by atoms with van der Waals surface area (Å²) < 4.78 is 0. The molecule has 1 aliphatic rings. The van der Waals surface area contributed by atoms with E-state index in [4.69, 9.17) is 5.26 Å². The number of hydrogen-bond donors (Lipinski definition) is 1. The fourth-order valence-corrected chi connectivity index (χ4v) is 2.75. The first-order chi connectivity index (χ1) is 10.3. The van der Waals surface area contributed by atoms with Crippen LogP contribution in [-0.2, 0) is 0 Å². The lowest BCUT2D eigenvalue weighted by Crippen LogP contribution is -2.20.